The molecule has 0 radical (unpaired) electrons. The van der Waals surface area contributed by atoms with E-state index in [1.54, 1.807) is 6.07 Å². The minimum atomic E-state index is -3.04. The summed E-state index contributed by atoms with van der Waals surface area (Å²) in [5, 5.41) is 2.96. The van der Waals surface area contributed by atoms with Crippen LogP contribution in [0.15, 0.2) is 24.3 Å². The molecule has 0 saturated carbocycles. The fraction of sp³-hybridized carbons (Fsp3) is 0.611. The molecule has 1 aromatic rings. The van der Waals surface area contributed by atoms with E-state index in [1.165, 1.54) is 12.1 Å². The summed E-state index contributed by atoms with van der Waals surface area (Å²) in [7, 11) is -1.02. The number of hydrogen-bond acceptors (Lipinski definition) is 4. The molecule has 1 atom stereocenters. The van der Waals surface area contributed by atoms with Crippen molar-refractivity contribution in [2.75, 3.05) is 31.6 Å². The first kappa shape index (κ1) is 18.3. The van der Waals surface area contributed by atoms with Crippen LogP contribution in [0.3, 0.4) is 0 Å². The molecule has 0 unspecified atom stereocenters. The first-order chi connectivity index (χ1) is 11.8. The van der Waals surface area contributed by atoms with Gasteiger partial charge in [0.15, 0.2) is 9.84 Å². The van der Waals surface area contributed by atoms with E-state index in [1.807, 2.05) is 13.1 Å². The van der Waals surface area contributed by atoms with E-state index in [0.29, 0.717) is 25.7 Å². The molecular weight excluding hydrogens is 343 g/mol. The van der Waals surface area contributed by atoms with Gasteiger partial charge in [0.2, 0.25) is 5.91 Å². The molecular formula is C18H25FN2O3S. The van der Waals surface area contributed by atoms with Crippen molar-refractivity contribution >= 4 is 15.7 Å². The van der Waals surface area contributed by atoms with Gasteiger partial charge in [-0.2, -0.15) is 0 Å². The van der Waals surface area contributed by atoms with Crippen LogP contribution in [0, 0.1) is 11.2 Å². The third kappa shape index (κ3) is 4.39. The number of benzene rings is 1. The van der Waals surface area contributed by atoms with Crippen LogP contribution < -0.4 is 5.32 Å². The molecule has 1 aromatic carbocycles. The molecule has 1 N–H and O–H groups in total. The Kier molecular flexibility index (Phi) is 5.16. The lowest BCUT2D eigenvalue weighted by Crippen LogP contribution is -2.51. The highest BCUT2D eigenvalue weighted by molar-refractivity contribution is 7.91. The molecule has 0 aromatic heterocycles. The Labute approximate surface area is 148 Å². The molecule has 5 nitrogen and oxygen atoms in total. The smallest absolute Gasteiger partial charge is 0.226 e. The van der Waals surface area contributed by atoms with E-state index in [-0.39, 0.29) is 29.3 Å². The van der Waals surface area contributed by atoms with Crippen LogP contribution >= 0.6 is 0 Å². The lowest BCUT2D eigenvalue weighted by Gasteiger charge is -2.40. The molecule has 0 bridgehead atoms. The highest BCUT2D eigenvalue weighted by Crippen LogP contribution is 2.36. The van der Waals surface area contributed by atoms with Crippen molar-refractivity contribution in [2.24, 2.45) is 5.41 Å². The minimum Gasteiger partial charge on any atom is -0.352 e. The highest BCUT2D eigenvalue weighted by atomic mass is 32.2. The van der Waals surface area contributed by atoms with E-state index < -0.39 is 15.3 Å². The minimum absolute atomic E-state index is 0.0225. The summed E-state index contributed by atoms with van der Waals surface area (Å²) in [5.74, 6) is -0.235. The number of carbonyl (C=O) groups is 1. The van der Waals surface area contributed by atoms with Crippen molar-refractivity contribution in [1.29, 1.82) is 0 Å². The molecule has 25 heavy (non-hydrogen) atoms. The van der Waals surface area contributed by atoms with E-state index >= 15 is 0 Å². The molecule has 2 saturated heterocycles. The second-order valence-corrected chi connectivity index (χ2v) is 9.69. The first-order valence-corrected chi connectivity index (χ1v) is 10.5. The van der Waals surface area contributed by atoms with Gasteiger partial charge >= 0.3 is 0 Å². The van der Waals surface area contributed by atoms with E-state index in [4.69, 9.17) is 0 Å². The Morgan fingerprint density at radius 3 is 2.68 bits per heavy atom. The number of sulfone groups is 1. The van der Waals surface area contributed by atoms with Crippen molar-refractivity contribution in [3.05, 3.63) is 35.6 Å². The fourth-order valence-electron chi connectivity index (χ4n) is 3.82. The maximum Gasteiger partial charge on any atom is 0.226 e. The number of carbonyl (C=O) groups excluding carboxylic acids is 1. The van der Waals surface area contributed by atoms with Gasteiger partial charge in [-0.15, -0.1) is 0 Å². The maximum atomic E-state index is 13.5. The normalized spacial score (nSPS) is 25.6. The van der Waals surface area contributed by atoms with Crippen LogP contribution in [0.1, 0.15) is 24.8 Å². The van der Waals surface area contributed by atoms with Gasteiger partial charge in [-0.05, 0) is 63.5 Å². The molecule has 2 heterocycles. The number of likely N-dealkylation sites (tertiary alicyclic amines) is 1. The van der Waals surface area contributed by atoms with Crippen molar-refractivity contribution in [3.8, 4) is 0 Å². The number of halogens is 1. The fourth-order valence-corrected chi connectivity index (χ4v) is 5.49. The van der Waals surface area contributed by atoms with Crippen molar-refractivity contribution in [2.45, 2.75) is 31.7 Å². The zero-order valence-corrected chi connectivity index (χ0v) is 15.3. The van der Waals surface area contributed by atoms with Gasteiger partial charge in [-0.3, -0.25) is 4.79 Å². The molecule has 2 aliphatic rings. The Hall–Kier alpha value is -1.47. The molecule has 138 valence electrons. The van der Waals surface area contributed by atoms with Crippen molar-refractivity contribution in [3.63, 3.8) is 0 Å². The highest BCUT2D eigenvalue weighted by Gasteiger charge is 2.42. The Morgan fingerprint density at radius 1 is 1.36 bits per heavy atom. The van der Waals surface area contributed by atoms with E-state index in [2.05, 4.69) is 10.2 Å². The van der Waals surface area contributed by atoms with E-state index in [9.17, 15) is 17.6 Å². The summed E-state index contributed by atoms with van der Waals surface area (Å²) in [6, 6.07) is 6.08. The summed E-state index contributed by atoms with van der Waals surface area (Å²) >= 11 is 0. The summed E-state index contributed by atoms with van der Waals surface area (Å²) in [5.41, 5.74) is 0.200. The molecule has 7 heteroatoms. The molecule has 0 aliphatic carbocycles. The summed E-state index contributed by atoms with van der Waals surface area (Å²) < 4.78 is 36.8. The standard InChI is InChI=1S/C18H25FN2O3S/c1-21-8-6-18(7-9-21,12-14-3-2-4-15(19)11-14)17(22)20-16-5-10-25(23,24)13-16/h2-4,11,16H,5-10,12-13H2,1H3,(H,20,22)/t16-/m1/s1. The average Bonchev–Trinajstić information content (AvgIpc) is 2.88. The van der Waals surface area contributed by atoms with Crippen LogP contribution in [0.4, 0.5) is 4.39 Å². The molecule has 2 fully saturated rings. The lowest BCUT2D eigenvalue weighted by molar-refractivity contribution is -0.134. The van der Waals surface area contributed by atoms with Crippen LogP contribution in [0.2, 0.25) is 0 Å². The third-order valence-corrected chi connectivity index (χ3v) is 7.19. The number of hydrogen-bond donors (Lipinski definition) is 1. The Balaban J connectivity index is 1.77. The van der Waals surface area contributed by atoms with Gasteiger partial charge in [0.05, 0.1) is 16.9 Å². The van der Waals surface area contributed by atoms with Gasteiger partial charge in [0, 0.05) is 6.04 Å². The Morgan fingerprint density at radius 2 is 2.08 bits per heavy atom. The SMILES string of the molecule is CN1CCC(Cc2cccc(F)c2)(C(=O)N[C@@H]2CCS(=O)(=O)C2)CC1. The third-order valence-electron chi connectivity index (χ3n) is 5.43. The predicted molar refractivity (Wildman–Crippen MR) is 94.5 cm³/mol. The van der Waals surface area contributed by atoms with Gasteiger partial charge in [-0.25, -0.2) is 12.8 Å². The number of rotatable bonds is 4. The van der Waals surface area contributed by atoms with E-state index in [0.717, 1.165) is 18.7 Å². The second-order valence-electron chi connectivity index (χ2n) is 7.46. The average molecular weight is 368 g/mol. The second kappa shape index (κ2) is 7.03. The number of amides is 1. The van der Waals surface area contributed by atoms with Crippen LogP contribution in [0.25, 0.3) is 0 Å². The zero-order valence-electron chi connectivity index (χ0n) is 14.5. The quantitative estimate of drug-likeness (QED) is 0.872. The predicted octanol–water partition coefficient (Wildman–Crippen LogP) is 1.38. The largest absolute Gasteiger partial charge is 0.352 e. The lowest BCUT2D eigenvalue weighted by atomic mass is 9.73. The summed E-state index contributed by atoms with van der Waals surface area (Å²) in [4.78, 5) is 15.2. The number of piperidine rings is 1. The Bertz CT molecular complexity index is 742. The molecule has 1 amide bonds. The van der Waals surface area contributed by atoms with Crippen LogP contribution in [0.5, 0.6) is 0 Å². The monoisotopic (exact) mass is 368 g/mol. The zero-order chi connectivity index (χ0) is 18.1. The number of nitrogens with zero attached hydrogens (tertiary/aromatic N) is 1. The molecule has 2 aliphatic heterocycles. The topological polar surface area (TPSA) is 66.5 Å². The molecule has 0 spiro atoms. The van der Waals surface area contributed by atoms with Crippen LogP contribution in [-0.2, 0) is 21.1 Å². The van der Waals surface area contributed by atoms with Gasteiger partial charge < -0.3 is 10.2 Å². The molecule has 3 rings (SSSR count). The van der Waals surface area contributed by atoms with Gasteiger partial charge in [0.1, 0.15) is 5.82 Å². The summed E-state index contributed by atoms with van der Waals surface area (Å²) in [6.45, 7) is 1.59. The van der Waals surface area contributed by atoms with Crippen LogP contribution in [-0.4, -0.2) is 56.9 Å². The van der Waals surface area contributed by atoms with Gasteiger partial charge in [0.25, 0.3) is 0 Å². The van der Waals surface area contributed by atoms with Crippen molar-refractivity contribution in [1.82, 2.24) is 10.2 Å². The van der Waals surface area contributed by atoms with Gasteiger partial charge in [-0.1, -0.05) is 12.1 Å². The first-order valence-electron chi connectivity index (χ1n) is 8.72. The maximum absolute atomic E-state index is 13.5. The number of nitrogens with one attached hydrogen (secondary N) is 1. The van der Waals surface area contributed by atoms with Crippen molar-refractivity contribution < 1.29 is 17.6 Å². The summed E-state index contributed by atoms with van der Waals surface area (Å²) in [6.07, 6.45) is 2.32.